The van der Waals surface area contributed by atoms with Crippen molar-refractivity contribution in [3.05, 3.63) is 29.8 Å². The number of methoxy groups -OCH3 is 1. The Kier molecular flexibility index (Phi) is 13.2. The van der Waals surface area contributed by atoms with Gasteiger partial charge >= 0.3 is 0 Å². The summed E-state index contributed by atoms with van der Waals surface area (Å²) in [6.45, 7) is 6.85. The van der Waals surface area contributed by atoms with Crippen molar-refractivity contribution >= 4 is 5.96 Å². The SMILES string of the molecule is CCCCOCCCNC(=NC)NCCCOCc1ccc(OC)cc1. The minimum Gasteiger partial charge on any atom is -0.497 e. The molecule has 0 aliphatic heterocycles. The monoisotopic (exact) mass is 365 g/mol. The first kappa shape index (κ1) is 22.3. The van der Waals surface area contributed by atoms with E-state index in [0.29, 0.717) is 13.2 Å². The number of hydrogen-bond acceptors (Lipinski definition) is 4. The zero-order valence-electron chi connectivity index (χ0n) is 16.6. The Morgan fingerprint density at radius 1 is 0.923 bits per heavy atom. The molecule has 1 rings (SSSR count). The van der Waals surface area contributed by atoms with Gasteiger partial charge in [-0.2, -0.15) is 0 Å². The molecule has 0 unspecified atom stereocenters. The lowest BCUT2D eigenvalue weighted by Gasteiger charge is -2.12. The summed E-state index contributed by atoms with van der Waals surface area (Å²) in [5.41, 5.74) is 1.15. The average molecular weight is 366 g/mol. The molecule has 1 aromatic rings. The van der Waals surface area contributed by atoms with E-state index in [1.54, 1.807) is 14.2 Å². The molecule has 26 heavy (non-hydrogen) atoms. The number of nitrogens with zero attached hydrogens (tertiary/aromatic N) is 1. The third kappa shape index (κ3) is 10.9. The van der Waals surface area contributed by atoms with Crippen molar-refractivity contribution in [3.8, 4) is 5.75 Å². The van der Waals surface area contributed by atoms with Gasteiger partial charge in [0.05, 0.1) is 13.7 Å². The topological polar surface area (TPSA) is 64.1 Å². The van der Waals surface area contributed by atoms with Crippen LogP contribution in [0, 0.1) is 0 Å². The van der Waals surface area contributed by atoms with Crippen LogP contribution in [-0.2, 0) is 16.1 Å². The summed E-state index contributed by atoms with van der Waals surface area (Å²) < 4.78 is 16.4. The van der Waals surface area contributed by atoms with Crippen LogP contribution in [0.2, 0.25) is 0 Å². The summed E-state index contributed by atoms with van der Waals surface area (Å²) in [5.74, 6) is 1.69. The van der Waals surface area contributed by atoms with E-state index in [1.165, 1.54) is 6.42 Å². The van der Waals surface area contributed by atoms with Gasteiger partial charge in [-0.15, -0.1) is 0 Å². The maximum Gasteiger partial charge on any atom is 0.190 e. The Morgan fingerprint density at radius 2 is 1.54 bits per heavy atom. The normalized spacial score (nSPS) is 11.4. The number of aliphatic imine (C=N–C) groups is 1. The van der Waals surface area contributed by atoms with Gasteiger partial charge in [0, 0.05) is 40.0 Å². The molecule has 0 spiro atoms. The number of guanidine groups is 1. The second-order valence-electron chi connectivity index (χ2n) is 6.00. The van der Waals surface area contributed by atoms with Crippen molar-refractivity contribution in [2.75, 3.05) is 47.1 Å². The van der Waals surface area contributed by atoms with Crippen LogP contribution in [0.25, 0.3) is 0 Å². The van der Waals surface area contributed by atoms with E-state index in [-0.39, 0.29) is 0 Å². The molecule has 0 radical (unpaired) electrons. The summed E-state index contributed by atoms with van der Waals surface area (Å²) in [6, 6.07) is 7.94. The summed E-state index contributed by atoms with van der Waals surface area (Å²) in [4.78, 5) is 4.22. The van der Waals surface area contributed by atoms with E-state index in [9.17, 15) is 0 Å². The fourth-order valence-corrected chi connectivity index (χ4v) is 2.24. The second kappa shape index (κ2) is 15.5. The molecule has 0 saturated heterocycles. The summed E-state index contributed by atoms with van der Waals surface area (Å²) >= 11 is 0. The fourth-order valence-electron chi connectivity index (χ4n) is 2.24. The van der Waals surface area contributed by atoms with Gasteiger partial charge in [-0.25, -0.2) is 0 Å². The maximum absolute atomic E-state index is 5.70. The molecule has 0 atom stereocenters. The summed E-state index contributed by atoms with van der Waals surface area (Å²) in [7, 11) is 3.45. The van der Waals surface area contributed by atoms with Crippen LogP contribution in [0.4, 0.5) is 0 Å². The molecule has 0 aliphatic carbocycles. The van der Waals surface area contributed by atoms with E-state index in [0.717, 1.165) is 62.8 Å². The van der Waals surface area contributed by atoms with Crippen molar-refractivity contribution in [2.24, 2.45) is 4.99 Å². The van der Waals surface area contributed by atoms with Crippen LogP contribution in [-0.4, -0.2) is 53.0 Å². The van der Waals surface area contributed by atoms with Crippen LogP contribution < -0.4 is 15.4 Å². The van der Waals surface area contributed by atoms with Crippen LogP contribution in [0.3, 0.4) is 0 Å². The van der Waals surface area contributed by atoms with Crippen LogP contribution >= 0.6 is 0 Å². The lowest BCUT2D eigenvalue weighted by molar-refractivity contribution is 0.119. The molecule has 6 heteroatoms. The van der Waals surface area contributed by atoms with E-state index >= 15 is 0 Å². The largest absolute Gasteiger partial charge is 0.497 e. The van der Waals surface area contributed by atoms with Crippen LogP contribution in [0.1, 0.15) is 38.2 Å². The third-order valence-electron chi connectivity index (χ3n) is 3.81. The zero-order chi connectivity index (χ0) is 18.9. The highest BCUT2D eigenvalue weighted by molar-refractivity contribution is 5.79. The minimum atomic E-state index is 0.620. The Labute approximate surface area is 158 Å². The highest BCUT2D eigenvalue weighted by Gasteiger charge is 1.98. The van der Waals surface area contributed by atoms with Gasteiger partial charge in [-0.3, -0.25) is 4.99 Å². The van der Waals surface area contributed by atoms with Gasteiger partial charge in [-0.05, 0) is 37.0 Å². The Bertz CT molecular complexity index is 478. The molecule has 0 aromatic heterocycles. The van der Waals surface area contributed by atoms with E-state index < -0.39 is 0 Å². The fraction of sp³-hybridized carbons (Fsp3) is 0.650. The van der Waals surface area contributed by atoms with Crippen molar-refractivity contribution in [1.82, 2.24) is 10.6 Å². The first-order valence-electron chi connectivity index (χ1n) is 9.53. The van der Waals surface area contributed by atoms with Gasteiger partial charge in [0.15, 0.2) is 5.96 Å². The first-order valence-corrected chi connectivity index (χ1v) is 9.53. The lowest BCUT2D eigenvalue weighted by Crippen LogP contribution is -2.38. The molecule has 6 nitrogen and oxygen atoms in total. The molecule has 0 heterocycles. The Balaban J connectivity index is 1.99. The molecular formula is C20H35N3O3. The van der Waals surface area contributed by atoms with Gasteiger partial charge in [0.25, 0.3) is 0 Å². The summed E-state index contributed by atoms with van der Waals surface area (Å²) in [5, 5.41) is 6.59. The van der Waals surface area contributed by atoms with E-state index in [4.69, 9.17) is 14.2 Å². The third-order valence-corrected chi connectivity index (χ3v) is 3.81. The van der Waals surface area contributed by atoms with Gasteiger partial charge < -0.3 is 24.8 Å². The molecule has 0 fully saturated rings. The first-order chi connectivity index (χ1) is 12.8. The summed E-state index contributed by atoms with van der Waals surface area (Å²) in [6.07, 6.45) is 4.22. The number of hydrogen-bond donors (Lipinski definition) is 2. The average Bonchev–Trinajstić information content (AvgIpc) is 2.68. The van der Waals surface area contributed by atoms with Crippen molar-refractivity contribution < 1.29 is 14.2 Å². The predicted molar refractivity (Wildman–Crippen MR) is 107 cm³/mol. The molecular weight excluding hydrogens is 330 g/mol. The number of nitrogens with one attached hydrogen (secondary N) is 2. The highest BCUT2D eigenvalue weighted by Crippen LogP contribution is 2.11. The van der Waals surface area contributed by atoms with Crippen molar-refractivity contribution in [2.45, 2.75) is 39.2 Å². The Hall–Kier alpha value is -1.79. The number of benzene rings is 1. The zero-order valence-corrected chi connectivity index (χ0v) is 16.6. The number of rotatable bonds is 14. The lowest BCUT2D eigenvalue weighted by atomic mass is 10.2. The number of unbranched alkanes of at least 4 members (excludes halogenated alkanes) is 1. The maximum atomic E-state index is 5.70. The molecule has 1 aromatic carbocycles. The molecule has 2 N–H and O–H groups in total. The van der Waals surface area contributed by atoms with E-state index in [2.05, 4.69) is 22.5 Å². The smallest absolute Gasteiger partial charge is 0.190 e. The number of ether oxygens (including phenoxy) is 3. The van der Waals surface area contributed by atoms with Gasteiger partial charge in [-0.1, -0.05) is 25.5 Å². The Morgan fingerprint density at radius 3 is 2.12 bits per heavy atom. The van der Waals surface area contributed by atoms with Crippen molar-refractivity contribution in [3.63, 3.8) is 0 Å². The molecule has 0 saturated carbocycles. The van der Waals surface area contributed by atoms with Crippen LogP contribution in [0.15, 0.2) is 29.3 Å². The van der Waals surface area contributed by atoms with Gasteiger partial charge in [0.1, 0.15) is 5.75 Å². The molecule has 0 amide bonds. The second-order valence-corrected chi connectivity index (χ2v) is 6.00. The highest BCUT2D eigenvalue weighted by atomic mass is 16.5. The van der Waals surface area contributed by atoms with Crippen LogP contribution in [0.5, 0.6) is 5.75 Å². The molecule has 148 valence electrons. The predicted octanol–water partition coefficient (Wildman–Crippen LogP) is 2.97. The van der Waals surface area contributed by atoms with Gasteiger partial charge in [0.2, 0.25) is 0 Å². The van der Waals surface area contributed by atoms with E-state index in [1.807, 2.05) is 24.3 Å². The standard InChI is InChI=1S/C20H35N3O3/c1-4-5-14-25-15-6-12-22-20(21-2)23-13-7-16-26-17-18-8-10-19(24-3)11-9-18/h8-11H,4-7,12-17H2,1-3H3,(H2,21,22,23). The minimum absolute atomic E-state index is 0.620. The quantitative estimate of drug-likeness (QED) is 0.301. The van der Waals surface area contributed by atoms with Crippen molar-refractivity contribution in [1.29, 1.82) is 0 Å². The molecule has 0 aliphatic rings. The molecule has 0 bridgehead atoms.